The summed E-state index contributed by atoms with van der Waals surface area (Å²) < 4.78 is 0. The number of para-hydroxylation sites is 1. The molecule has 1 amide bonds. The van der Waals surface area contributed by atoms with E-state index in [4.69, 9.17) is 0 Å². The first-order chi connectivity index (χ1) is 11.0. The van der Waals surface area contributed by atoms with Gasteiger partial charge in [0.2, 0.25) is 11.9 Å². The second-order valence-electron chi connectivity index (χ2n) is 5.82. The van der Waals surface area contributed by atoms with Crippen molar-refractivity contribution in [3.63, 3.8) is 0 Å². The van der Waals surface area contributed by atoms with Crippen molar-refractivity contribution in [2.24, 2.45) is 0 Å². The Bertz CT molecular complexity index is 657. The SMILES string of the molecule is Cc1cc(C)nc(NCCCC(=O)Nc2c(C)cccc2C)n1. The van der Waals surface area contributed by atoms with Crippen molar-refractivity contribution in [3.05, 3.63) is 46.8 Å². The highest BCUT2D eigenvalue weighted by atomic mass is 16.1. The molecule has 0 fully saturated rings. The highest BCUT2D eigenvalue weighted by Crippen LogP contribution is 2.19. The molecule has 1 aromatic carbocycles. The van der Waals surface area contributed by atoms with E-state index in [2.05, 4.69) is 20.6 Å². The molecule has 2 N–H and O–H groups in total. The molecule has 0 spiro atoms. The van der Waals surface area contributed by atoms with Crippen molar-refractivity contribution >= 4 is 17.5 Å². The van der Waals surface area contributed by atoms with Gasteiger partial charge in [-0.1, -0.05) is 18.2 Å². The highest BCUT2D eigenvalue weighted by Gasteiger charge is 2.07. The van der Waals surface area contributed by atoms with Gasteiger partial charge in [-0.2, -0.15) is 0 Å². The molecule has 122 valence electrons. The first-order valence-electron chi connectivity index (χ1n) is 7.88. The average molecular weight is 312 g/mol. The van der Waals surface area contributed by atoms with Crippen LogP contribution in [0.4, 0.5) is 11.6 Å². The number of carbonyl (C=O) groups excluding carboxylic acids is 1. The van der Waals surface area contributed by atoms with Gasteiger partial charge in [-0.25, -0.2) is 9.97 Å². The molecule has 2 rings (SSSR count). The van der Waals surface area contributed by atoms with Crippen molar-refractivity contribution in [3.8, 4) is 0 Å². The van der Waals surface area contributed by atoms with Crippen LogP contribution in [-0.4, -0.2) is 22.4 Å². The summed E-state index contributed by atoms with van der Waals surface area (Å²) in [7, 11) is 0. The number of benzene rings is 1. The molecule has 1 aromatic heterocycles. The van der Waals surface area contributed by atoms with Crippen LogP contribution in [0.25, 0.3) is 0 Å². The lowest BCUT2D eigenvalue weighted by Gasteiger charge is -2.11. The fourth-order valence-electron chi connectivity index (χ4n) is 2.47. The number of rotatable bonds is 6. The predicted molar refractivity (Wildman–Crippen MR) is 93.8 cm³/mol. The van der Waals surface area contributed by atoms with Crippen LogP contribution in [-0.2, 0) is 4.79 Å². The van der Waals surface area contributed by atoms with E-state index < -0.39 is 0 Å². The summed E-state index contributed by atoms with van der Waals surface area (Å²) in [6.45, 7) is 8.56. The van der Waals surface area contributed by atoms with E-state index in [0.29, 0.717) is 18.9 Å². The summed E-state index contributed by atoms with van der Waals surface area (Å²) in [6, 6.07) is 7.93. The summed E-state index contributed by atoms with van der Waals surface area (Å²) in [6.07, 6.45) is 1.19. The molecule has 0 aliphatic rings. The molecule has 0 saturated carbocycles. The molecule has 0 bridgehead atoms. The van der Waals surface area contributed by atoms with Crippen LogP contribution in [0.3, 0.4) is 0 Å². The third kappa shape index (κ3) is 5.06. The molecule has 0 saturated heterocycles. The number of hydrogen-bond acceptors (Lipinski definition) is 4. The lowest BCUT2D eigenvalue weighted by molar-refractivity contribution is -0.116. The van der Waals surface area contributed by atoms with E-state index in [9.17, 15) is 4.79 Å². The molecule has 0 aliphatic carbocycles. The zero-order valence-electron chi connectivity index (χ0n) is 14.2. The fraction of sp³-hybridized carbons (Fsp3) is 0.389. The van der Waals surface area contributed by atoms with E-state index >= 15 is 0 Å². The number of nitrogens with zero attached hydrogens (tertiary/aromatic N) is 2. The van der Waals surface area contributed by atoms with Gasteiger partial charge in [0.15, 0.2) is 0 Å². The molecule has 0 unspecified atom stereocenters. The van der Waals surface area contributed by atoms with Crippen molar-refractivity contribution in [1.29, 1.82) is 0 Å². The number of carbonyl (C=O) groups is 1. The Hall–Kier alpha value is -2.43. The van der Waals surface area contributed by atoms with Crippen molar-refractivity contribution < 1.29 is 4.79 Å². The molecule has 0 atom stereocenters. The maximum atomic E-state index is 12.1. The minimum Gasteiger partial charge on any atom is -0.354 e. The van der Waals surface area contributed by atoms with Gasteiger partial charge >= 0.3 is 0 Å². The van der Waals surface area contributed by atoms with E-state index in [0.717, 1.165) is 34.6 Å². The summed E-state index contributed by atoms with van der Waals surface area (Å²) in [5.41, 5.74) is 4.96. The van der Waals surface area contributed by atoms with Crippen LogP contribution in [0.1, 0.15) is 35.4 Å². The number of hydrogen-bond donors (Lipinski definition) is 2. The molecule has 1 heterocycles. The van der Waals surface area contributed by atoms with Gasteiger partial charge in [-0.05, 0) is 51.3 Å². The van der Waals surface area contributed by atoms with Gasteiger partial charge in [0.05, 0.1) is 0 Å². The zero-order chi connectivity index (χ0) is 16.8. The van der Waals surface area contributed by atoms with E-state index in [1.165, 1.54) is 0 Å². The first kappa shape index (κ1) is 16.9. The quantitative estimate of drug-likeness (QED) is 0.801. The van der Waals surface area contributed by atoms with Crippen LogP contribution in [0.5, 0.6) is 0 Å². The summed E-state index contributed by atoms with van der Waals surface area (Å²) in [4.78, 5) is 20.7. The minimum absolute atomic E-state index is 0.0329. The summed E-state index contributed by atoms with van der Waals surface area (Å²) in [5, 5.41) is 6.16. The van der Waals surface area contributed by atoms with Crippen molar-refractivity contribution in [2.75, 3.05) is 17.2 Å². The van der Waals surface area contributed by atoms with Crippen LogP contribution in [0, 0.1) is 27.7 Å². The molecule has 0 aliphatic heterocycles. The molecule has 2 aromatic rings. The second-order valence-corrected chi connectivity index (χ2v) is 5.82. The lowest BCUT2D eigenvalue weighted by Crippen LogP contribution is -2.15. The Morgan fingerprint density at radius 2 is 1.65 bits per heavy atom. The van der Waals surface area contributed by atoms with Crippen molar-refractivity contribution in [1.82, 2.24) is 9.97 Å². The van der Waals surface area contributed by atoms with Crippen LogP contribution < -0.4 is 10.6 Å². The Balaban J connectivity index is 1.79. The third-order valence-electron chi connectivity index (χ3n) is 3.59. The van der Waals surface area contributed by atoms with E-state index in [-0.39, 0.29) is 5.91 Å². The van der Waals surface area contributed by atoms with Gasteiger partial charge in [0.1, 0.15) is 0 Å². The maximum Gasteiger partial charge on any atom is 0.224 e. The number of aryl methyl sites for hydroxylation is 4. The summed E-state index contributed by atoms with van der Waals surface area (Å²) >= 11 is 0. The largest absolute Gasteiger partial charge is 0.354 e. The fourth-order valence-corrected chi connectivity index (χ4v) is 2.47. The number of amides is 1. The van der Waals surface area contributed by atoms with Gasteiger partial charge in [-0.15, -0.1) is 0 Å². The topological polar surface area (TPSA) is 66.9 Å². The highest BCUT2D eigenvalue weighted by molar-refractivity contribution is 5.92. The van der Waals surface area contributed by atoms with Crippen molar-refractivity contribution in [2.45, 2.75) is 40.5 Å². The molecular weight excluding hydrogens is 288 g/mol. The normalized spacial score (nSPS) is 10.4. The van der Waals surface area contributed by atoms with E-state index in [1.807, 2.05) is 52.0 Å². The molecule has 0 radical (unpaired) electrons. The molecular formula is C18H24N4O. The van der Waals surface area contributed by atoms with Crippen LogP contribution in [0.2, 0.25) is 0 Å². The Kier molecular flexibility index (Phi) is 5.68. The number of anilines is 2. The van der Waals surface area contributed by atoms with Crippen LogP contribution >= 0.6 is 0 Å². The minimum atomic E-state index is 0.0329. The molecule has 5 nitrogen and oxygen atoms in total. The first-order valence-corrected chi connectivity index (χ1v) is 7.88. The van der Waals surface area contributed by atoms with E-state index in [1.54, 1.807) is 0 Å². The average Bonchev–Trinajstić information content (AvgIpc) is 2.47. The molecule has 5 heteroatoms. The Morgan fingerprint density at radius 1 is 1.04 bits per heavy atom. The summed E-state index contributed by atoms with van der Waals surface area (Å²) in [5.74, 6) is 0.656. The number of aromatic nitrogens is 2. The standard InChI is InChI=1S/C18H24N4O/c1-12-7-5-8-13(2)17(12)22-16(23)9-6-10-19-18-20-14(3)11-15(4)21-18/h5,7-8,11H,6,9-10H2,1-4H3,(H,22,23)(H,19,20,21). The third-order valence-corrected chi connectivity index (χ3v) is 3.59. The monoisotopic (exact) mass is 312 g/mol. The maximum absolute atomic E-state index is 12.1. The van der Waals surface area contributed by atoms with Crippen LogP contribution in [0.15, 0.2) is 24.3 Å². The Labute approximate surface area is 137 Å². The van der Waals surface area contributed by atoms with Gasteiger partial charge in [0.25, 0.3) is 0 Å². The zero-order valence-corrected chi connectivity index (χ0v) is 14.2. The van der Waals surface area contributed by atoms with Gasteiger partial charge in [-0.3, -0.25) is 4.79 Å². The smallest absolute Gasteiger partial charge is 0.224 e. The Morgan fingerprint density at radius 3 is 2.26 bits per heavy atom. The van der Waals surface area contributed by atoms with Gasteiger partial charge in [0, 0.05) is 30.0 Å². The second kappa shape index (κ2) is 7.72. The lowest BCUT2D eigenvalue weighted by atomic mass is 10.1. The molecule has 23 heavy (non-hydrogen) atoms. The predicted octanol–water partition coefficient (Wildman–Crippen LogP) is 3.54. The van der Waals surface area contributed by atoms with Gasteiger partial charge < -0.3 is 10.6 Å². The number of nitrogens with one attached hydrogen (secondary N) is 2.